The van der Waals surface area contributed by atoms with Crippen LogP contribution >= 0.6 is 0 Å². The number of rotatable bonds is 5. The van der Waals surface area contributed by atoms with Crippen LogP contribution in [0, 0.1) is 11.3 Å². The highest BCUT2D eigenvalue weighted by atomic mass is 16.4. The second kappa shape index (κ2) is 7.07. The molecule has 0 aromatic heterocycles. The van der Waals surface area contributed by atoms with Gasteiger partial charge in [0.2, 0.25) is 0 Å². The lowest BCUT2D eigenvalue weighted by atomic mass is 9.76. The summed E-state index contributed by atoms with van der Waals surface area (Å²) in [7, 11) is 0. The molecule has 2 atom stereocenters. The maximum atomic E-state index is 10.9. The fourth-order valence-electron chi connectivity index (χ4n) is 3.17. The lowest BCUT2D eigenvalue weighted by Gasteiger charge is -2.31. The molecule has 2 unspecified atom stereocenters. The molecule has 1 aliphatic carbocycles. The zero-order chi connectivity index (χ0) is 15.3. The summed E-state index contributed by atoms with van der Waals surface area (Å²) in [4.78, 5) is 23.4. The van der Waals surface area contributed by atoms with Gasteiger partial charge in [0.05, 0.1) is 13.1 Å². The number of hydrogen-bond donors (Lipinski definition) is 2. The van der Waals surface area contributed by atoms with E-state index in [1.165, 1.54) is 0 Å². The standard InChI is InChI=1S/C15H27NO4/c1-15(2,3)11-5-4-6-12(8-7-11)16(9-13(17)18)10-14(19)20/h11-12H,4-10H2,1-3H3,(H,17,18)(H,19,20). The van der Waals surface area contributed by atoms with Crippen LogP contribution in [0.1, 0.15) is 52.9 Å². The van der Waals surface area contributed by atoms with Crippen molar-refractivity contribution in [2.45, 2.75) is 58.9 Å². The zero-order valence-corrected chi connectivity index (χ0v) is 12.8. The molecule has 20 heavy (non-hydrogen) atoms. The first-order valence-electron chi connectivity index (χ1n) is 7.37. The lowest BCUT2D eigenvalue weighted by molar-refractivity contribution is -0.143. The van der Waals surface area contributed by atoms with Crippen molar-refractivity contribution in [3.8, 4) is 0 Å². The van der Waals surface area contributed by atoms with Crippen molar-refractivity contribution in [2.75, 3.05) is 13.1 Å². The van der Waals surface area contributed by atoms with Crippen molar-refractivity contribution in [2.24, 2.45) is 11.3 Å². The zero-order valence-electron chi connectivity index (χ0n) is 12.8. The molecule has 0 heterocycles. The van der Waals surface area contributed by atoms with Crippen LogP contribution in [0.5, 0.6) is 0 Å². The number of nitrogens with zero attached hydrogens (tertiary/aromatic N) is 1. The normalized spacial score (nSPS) is 24.4. The topological polar surface area (TPSA) is 77.8 Å². The van der Waals surface area contributed by atoms with Gasteiger partial charge in [-0.05, 0) is 37.0 Å². The van der Waals surface area contributed by atoms with Crippen molar-refractivity contribution >= 4 is 11.9 Å². The third kappa shape index (κ3) is 5.49. The quantitative estimate of drug-likeness (QED) is 0.759. The van der Waals surface area contributed by atoms with Crippen LogP contribution in [0.2, 0.25) is 0 Å². The first-order valence-corrected chi connectivity index (χ1v) is 7.37. The van der Waals surface area contributed by atoms with Crippen LogP contribution in [-0.2, 0) is 9.59 Å². The van der Waals surface area contributed by atoms with Gasteiger partial charge in [-0.15, -0.1) is 0 Å². The van der Waals surface area contributed by atoms with E-state index in [1.807, 2.05) is 0 Å². The van der Waals surface area contributed by atoms with Crippen LogP contribution in [0.4, 0.5) is 0 Å². The molecule has 0 aliphatic heterocycles. The van der Waals surface area contributed by atoms with Gasteiger partial charge in [-0.2, -0.15) is 0 Å². The fourth-order valence-corrected chi connectivity index (χ4v) is 3.17. The van der Waals surface area contributed by atoms with E-state index in [2.05, 4.69) is 20.8 Å². The van der Waals surface area contributed by atoms with E-state index in [0.29, 0.717) is 5.92 Å². The molecular weight excluding hydrogens is 258 g/mol. The molecule has 1 rings (SSSR count). The minimum absolute atomic E-state index is 0.0783. The lowest BCUT2D eigenvalue weighted by Crippen LogP contribution is -2.42. The summed E-state index contributed by atoms with van der Waals surface area (Å²) in [5, 5.41) is 17.9. The van der Waals surface area contributed by atoms with Gasteiger partial charge in [0, 0.05) is 6.04 Å². The third-order valence-corrected chi connectivity index (χ3v) is 4.36. The average Bonchev–Trinajstić information content (AvgIpc) is 2.51. The Labute approximate surface area is 121 Å². The minimum atomic E-state index is -0.956. The SMILES string of the molecule is CC(C)(C)C1CCCC(N(CC(=O)O)CC(=O)O)CC1. The van der Waals surface area contributed by atoms with Crippen molar-refractivity contribution in [3.63, 3.8) is 0 Å². The Morgan fingerprint density at radius 1 is 1.00 bits per heavy atom. The predicted molar refractivity (Wildman–Crippen MR) is 76.7 cm³/mol. The molecule has 0 radical (unpaired) electrons. The second-order valence-electron chi connectivity index (χ2n) is 6.92. The summed E-state index contributed by atoms with van der Waals surface area (Å²) in [6.07, 6.45) is 5.02. The molecule has 0 aromatic rings. The van der Waals surface area contributed by atoms with Crippen LogP contribution in [-0.4, -0.2) is 46.2 Å². The second-order valence-corrected chi connectivity index (χ2v) is 6.92. The summed E-state index contributed by atoms with van der Waals surface area (Å²) >= 11 is 0. The maximum Gasteiger partial charge on any atom is 0.317 e. The third-order valence-electron chi connectivity index (χ3n) is 4.36. The van der Waals surface area contributed by atoms with E-state index in [-0.39, 0.29) is 24.5 Å². The molecule has 0 saturated heterocycles. The highest BCUT2D eigenvalue weighted by molar-refractivity contribution is 5.72. The number of carbonyl (C=O) groups is 2. The summed E-state index contributed by atoms with van der Waals surface area (Å²) in [5.74, 6) is -1.28. The van der Waals surface area contributed by atoms with E-state index >= 15 is 0 Å². The van der Waals surface area contributed by atoms with Crippen molar-refractivity contribution in [1.82, 2.24) is 4.90 Å². The average molecular weight is 285 g/mol. The summed E-state index contributed by atoms with van der Waals surface area (Å²) in [5.41, 5.74) is 0.263. The Morgan fingerprint density at radius 2 is 1.55 bits per heavy atom. The van der Waals surface area contributed by atoms with E-state index in [1.54, 1.807) is 4.90 Å². The van der Waals surface area contributed by atoms with Gasteiger partial charge >= 0.3 is 11.9 Å². The van der Waals surface area contributed by atoms with E-state index in [0.717, 1.165) is 32.1 Å². The Balaban J connectivity index is 2.68. The molecule has 0 amide bonds. The van der Waals surface area contributed by atoms with E-state index in [9.17, 15) is 9.59 Å². The molecule has 1 fully saturated rings. The molecule has 1 aliphatic rings. The highest BCUT2D eigenvalue weighted by Crippen LogP contribution is 2.37. The molecular formula is C15H27NO4. The van der Waals surface area contributed by atoms with Crippen molar-refractivity contribution < 1.29 is 19.8 Å². The van der Waals surface area contributed by atoms with E-state index < -0.39 is 11.9 Å². The first-order chi connectivity index (χ1) is 9.20. The van der Waals surface area contributed by atoms with Gasteiger partial charge in [0.15, 0.2) is 0 Å². The Kier molecular flexibility index (Phi) is 5.99. The molecule has 0 spiro atoms. The van der Waals surface area contributed by atoms with Crippen LogP contribution in [0.25, 0.3) is 0 Å². The number of carboxylic acid groups (broad SMARTS) is 2. The van der Waals surface area contributed by atoms with Gasteiger partial charge < -0.3 is 10.2 Å². The largest absolute Gasteiger partial charge is 0.480 e. The smallest absolute Gasteiger partial charge is 0.317 e. The first kappa shape index (κ1) is 17.0. The Bertz CT molecular complexity index is 332. The minimum Gasteiger partial charge on any atom is -0.480 e. The summed E-state index contributed by atoms with van der Waals surface area (Å²) < 4.78 is 0. The number of hydrogen-bond acceptors (Lipinski definition) is 3. The van der Waals surface area contributed by atoms with Gasteiger partial charge in [0.1, 0.15) is 0 Å². The molecule has 2 N–H and O–H groups in total. The summed E-state index contributed by atoms with van der Waals surface area (Å²) in [6, 6.07) is 0.0783. The number of aliphatic carboxylic acids is 2. The summed E-state index contributed by atoms with van der Waals surface area (Å²) in [6.45, 7) is 6.35. The maximum absolute atomic E-state index is 10.9. The van der Waals surface area contributed by atoms with Gasteiger partial charge in [-0.1, -0.05) is 27.2 Å². The van der Waals surface area contributed by atoms with Gasteiger partial charge in [-0.3, -0.25) is 14.5 Å². The van der Waals surface area contributed by atoms with Gasteiger partial charge in [0.25, 0.3) is 0 Å². The predicted octanol–water partition coefficient (Wildman–Crippen LogP) is 2.45. The monoisotopic (exact) mass is 285 g/mol. The van der Waals surface area contributed by atoms with Gasteiger partial charge in [-0.25, -0.2) is 0 Å². The Morgan fingerprint density at radius 3 is 2.00 bits per heavy atom. The molecule has 0 bridgehead atoms. The van der Waals surface area contributed by atoms with Crippen molar-refractivity contribution in [1.29, 1.82) is 0 Å². The Hall–Kier alpha value is -1.10. The van der Waals surface area contributed by atoms with Crippen LogP contribution < -0.4 is 0 Å². The number of carboxylic acids is 2. The van der Waals surface area contributed by atoms with Crippen LogP contribution in [0.3, 0.4) is 0 Å². The molecule has 116 valence electrons. The molecule has 1 saturated carbocycles. The van der Waals surface area contributed by atoms with E-state index in [4.69, 9.17) is 10.2 Å². The fraction of sp³-hybridized carbons (Fsp3) is 0.867. The van der Waals surface area contributed by atoms with Crippen LogP contribution in [0.15, 0.2) is 0 Å². The van der Waals surface area contributed by atoms with Crippen molar-refractivity contribution in [3.05, 3.63) is 0 Å². The molecule has 0 aromatic carbocycles. The molecule has 5 heteroatoms. The molecule has 5 nitrogen and oxygen atoms in total. The highest BCUT2D eigenvalue weighted by Gasteiger charge is 2.31.